The average molecular weight is 879 g/mol. The first-order chi connectivity index (χ1) is 24.4. The summed E-state index contributed by atoms with van der Waals surface area (Å²) in [6.45, 7) is 14.1. The van der Waals surface area contributed by atoms with Crippen LogP contribution >= 0.6 is 61.8 Å². The molecule has 0 amide bonds. The largest absolute Gasteiger partial charge is 1.00 e. The van der Waals surface area contributed by atoms with E-state index in [-0.39, 0.29) is 51.4 Å². The van der Waals surface area contributed by atoms with Gasteiger partial charge in [0.1, 0.15) is 34.9 Å². The van der Waals surface area contributed by atoms with Crippen LogP contribution in [0.5, 0.6) is 0 Å². The molecular weight excluding hydrogens is 846 g/mol. The van der Waals surface area contributed by atoms with Crippen LogP contribution in [0.1, 0.15) is 60.9 Å². The topological polar surface area (TPSA) is 79.9 Å². The molecule has 6 aromatic rings. The molecule has 2 aromatic carbocycles. The smallest absolute Gasteiger partial charge is 0.369 e. The number of halogens is 6. The van der Waals surface area contributed by atoms with Gasteiger partial charge >= 0.3 is 58.9 Å². The maximum atomic E-state index is 9.67. The summed E-state index contributed by atoms with van der Waals surface area (Å²) < 4.78 is 45.8. The van der Waals surface area contributed by atoms with Crippen LogP contribution in [0.4, 0.5) is 12.9 Å². The summed E-state index contributed by atoms with van der Waals surface area (Å²) >= 11 is 19.1. The second-order valence-corrected chi connectivity index (χ2v) is 15.3. The van der Waals surface area contributed by atoms with Crippen LogP contribution in [0.15, 0.2) is 53.0 Å². The van der Waals surface area contributed by atoms with Gasteiger partial charge in [0.15, 0.2) is 11.6 Å². The van der Waals surface area contributed by atoms with E-state index in [0.29, 0.717) is 26.4 Å². The number of nitrogens with zero attached hydrogens (tertiary/aromatic N) is 6. The zero-order valence-electron chi connectivity index (χ0n) is 29.0. The molecule has 0 unspecified atom stereocenters. The van der Waals surface area contributed by atoms with Gasteiger partial charge < -0.3 is 9.47 Å². The Hall–Kier alpha value is -1.54. The zero-order valence-corrected chi connectivity index (χ0v) is 36.9. The molecule has 0 fully saturated rings. The summed E-state index contributed by atoms with van der Waals surface area (Å²) in [7, 11) is -3.67. The van der Waals surface area contributed by atoms with Crippen LogP contribution in [-0.4, -0.2) is 37.1 Å². The molecule has 2 aliphatic heterocycles. The van der Waals surface area contributed by atoms with E-state index >= 15 is 0 Å². The Morgan fingerprint density at radius 3 is 1.75 bits per heavy atom. The standard InChI is InChI=1S/C17H16ClN3OS.C10H10BrN3OS.C7H6Cl.BF3.K/c1-10-13(7-12-5-3-4-6-15(12)18)14-8-22-9-16-20-19-11(2)21(16)17(14)23-10;1-5-9(11)7-3-15-4-8-13-12-6(2)14(8)10(7)16-5;1-6-4-2-3-5-7(6)8;2-1(3)4;/h3-6H,7-9H2,1-2H3;3-4H2,1-2H3;2-5H,1H2;;/q;;-1;;+1. The van der Waals surface area contributed by atoms with Crippen LogP contribution in [0, 0.1) is 34.6 Å². The molecule has 18 heteroatoms. The van der Waals surface area contributed by atoms with E-state index in [2.05, 4.69) is 72.3 Å². The Labute approximate surface area is 369 Å². The third-order valence-corrected chi connectivity index (χ3v) is 12.2. The van der Waals surface area contributed by atoms with Gasteiger partial charge in [0.25, 0.3) is 0 Å². The molecule has 0 atom stereocenters. The third kappa shape index (κ3) is 10.4. The first-order valence-corrected chi connectivity index (χ1v) is 18.6. The Balaban J connectivity index is 0.000000180. The summed E-state index contributed by atoms with van der Waals surface area (Å²) in [5.41, 5.74) is 5.76. The van der Waals surface area contributed by atoms with Gasteiger partial charge in [-0.1, -0.05) is 40.9 Å². The van der Waals surface area contributed by atoms with Crippen molar-refractivity contribution in [2.45, 2.75) is 60.5 Å². The molecule has 4 aromatic heterocycles. The number of hydrogen-bond donors (Lipinski definition) is 0. The SMILES string of the molecule is Cc1sc2c(c1Br)COCc1nnc(C)n1-2.Cc1sc2c(c1Cc1ccccc1Cl)COCc1nnc(C)n1-2.FB(F)F.[CH2-]c1ccccc1Cl.[K+]. The van der Waals surface area contributed by atoms with Crippen LogP contribution in [-0.2, 0) is 42.3 Å². The van der Waals surface area contributed by atoms with Crippen molar-refractivity contribution in [2.75, 3.05) is 0 Å². The predicted molar refractivity (Wildman–Crippen MR) is 201 cm³/mol. The summed E-state index contributed by atoms with van der Waals surface area (Å²) in [4.78, 5) is 2.55. The molecule has 2 aliphatic rings. The van der Waals surface area contributed by atoms with Crippen LogP contribution in [0.3, 0.4) is 0 Å². The second-order valence-electron chi connectivity index (χ2n) is 11.3. The second kappa shape index (κ2) is 19.9. The summed E-state index contributed by atoms with van der Waals surface area (Å²) in [6.07, 6.45) is 0.817. The minimum absolute atomic E-state index is 0. The van der Waals surface area contributed by atoms with E-state index in [1.165, 1.54) is 36.4 Å². The zero-order chi connectivity index (χ0) is 36.8. The Kier molecular flexibility index (Phi) is 16.5. The van der Waals surface area contributed by atoms with Crippen LogP contribution in [0.25, 0.3) is 10.0 Å². The van der Waals surface area contributed by atoms with E-state index < -0.39 is 7.54 Å². The number of rotatable bonds is 2. The van der Waals surface area contributed by atoms with Gasteiger partial charge in [-0.25, -0.2) is 0 Å². The fourth-order valence-corrected chi connectivity index (χ4v) is 8.75. The first-order valence-electron chi connectivity index (χ1n) is 15.5. The molecule has 0 radical (unpaired) electrons. The van der Waals surface area contributed by atoms with Gasteiger partial charge in [-0.2, -0.15) is 30.2 Å². The van der Waals surface area contributed by atoms with E-state index in [1.807, 2.05) is 56.3 Å². The molecule has 0 spiro atoms. The van der Waals surface area contributed by atoms with Crippen molar-refractivity contribution in [3.63, 3.8) is 0 Å². The van der Waals surface area contributed by atoms with Crippen LogP contribution in [0.2, 0.25) is 10.0 Å². The first kappa shape index (κ1) is 43.2. The quantitative estimate of drug-likeness (QED) is 0.134. The molecule has 8 nitrogen and oxygen atoms in total. The molecule has 0 saturated heterocycles. The molecule has 6 heterocycles. The maximum Gasteiger partial charge on any atom is 1.00 e. The number of benzene rings is 2. The van der Waals surface area contributed by atoms with E-state index in [9.17, 15) is 12.9 Å². The summed E-state index contributed by atoms with van der Waals surface area (Å²) in [6, 6.07) is 15.5. The van der Waals surface area contributed by atoms with Gasteiger partial charge in [0, 0.05) is 36.8 Å². The van der Waals surface area contributed by atoms with Gasteiger partial charge in [0.2, 0.25) is 0 Å². The Morgan fingerprint density at radius 1 is 0.750 bits per heavy atom. The molecule has 268 valence electrons. The number of aryl methyl sites for hydroxylation is 4. The van der Waals surface area contributed by atoms with Crippen molar-refractivity contribution >= 4 is 69.3 Å². The van der Waals surface area contributed by atoms with Crippen molar-refractivity contribution in [1.82, 2.24) is 29.5 Å². The van der Waals surface area contributed by atoms with Crippen LogP contribution < -0.4 is 51.4 Å². The van der Waals surface area contributed by atoms with E-state index in [1.54, 1.807) is 22.7 Å². The minimum atomic E-state index is -3.67. The number of thiophene rings is 2. The summed E-state index contributed by atoms with van der Waals surface area (Å²) in [5.74, 6) is 3.56. The van der Waals surface area contributed by atoms with Crippen molar-refractivity contribution in [1.29, 1.82) is 0 Å². The minimum Gasteiger partial charge on any atom is -0.369 e. The molecule has 0 N–H and O–H groups in total. The number of aromatic nitrogens is 6. The van der Waals surface area contributed by atoms with Gasteiger partial charge in [0.05, 0.1) is 13.2 Å². The Bertz CT molecular complexity index is 2110. The summed E-state index contributed by atoms with van der Waals surface area (Å²) in [5, 5.41) is 20.6. The normalized spacial score (nSPS) is 12.3. The number of hydrogen-bond acceptors (Lipinski definition) is 8. The van der Waals surface area contributed by atoms with Crippen molar-refractivity contribution in [2.24, 2.45) is 0 Å². The molecule has 0 aliphatic carbocycles. The van der Waals surface area contributed by atoms with Crippen molar-refractivity contribution in [3.05, 3.63) is 131 Å². The van der Waals surface area contributed by atoms with Gasteiger partial charge in [-0.05, 0) is 60.8 Å². The maximum absolute atomic E-state index is 9.67. The molecule has 8 rings (SSSR count). The van der Waals surface area contributed by atoms with Crippen molar-refractivity contribution < 1.29 is 73.8 Å². The van der Waals surface area contributed by atoms with E-state index in [0.717, 1.165) is 55.4 Å². The fourth-order valence-electron chi connectivity index (χ4n) is 5.38. The molecule has 0 bridgehead atoms. The fraction of sp³-hybridized carbons (Fsp3) is 0.265. The Morgan fingerprint density at radius 2 is 1.23 bits per heavy atom. The van der Waals surface area contributed by atoms with Gasteiger partial charge in [-0.15, -0.1) is 55.2 Å². The number of fused-ring (bicyclic) bond motifs is 6. The molecular formula is C34H32BBrCl2F3KN6O2S2. The van der Waals surface area contributed by atoms with Crippen molar-refractivity contribution in [3.8, 4) is 10.0 Å². The number of ether oxygens (including phenoxy) is 2. The molecule has 0 saturated carbocycles. The third-order valence-electron chi connectivity index (χ3n) is 7.81. The molecule has 52 heavy (non-hydrogen) atoms. The predicted octanol–water partition coefficient (Wildman–Crippen LogP) is 7.36. The average Bonchev–Trinajstić information content (AvgIpc) is 3.73. The van der Waals surface area contributed by atoms with E-state index in [4.69, 9.17) is 32.7 Å². The van der Waals surface area contributed by atoms with Gasteiger partial charge in [-0.3, -0.25) is 22.1 Å². The monoisotopic (exact) mass is 876 g/mol.